The summed E-state index contributed by atoms with van der Waals surface area (Å²) in [5.74, 6) is 0.0388. The Bertz CT molecular complexity index is 1650. The van der Waals surface area contributed by atoms with Gasteiger partial charge in [0.25, 0.3) is 0 Å². The van der Waals surface area contributed by atoms with Crippen molar-refractivity contribution < 1.29 is 21.6 Å². The van der Waals surface area contributed by atoms with E-state index < -0.39 is 20.0 Å². The van der Waals surface area contributed by atoms with Crippen LogP contribution < -0.4 is 19.6 Å². The Morgan fingerprint density at radius 2 is 1.42 bits per heavy atom. The highest BCUT2D eigenvalue weighted by atomic mass is 32.3. The van der Waals surface area contributed by atoms with Gasteiger partial charge in [0.1, 0.15) is 16.9 Å². The number of hydrogen-bond donors (Lipinski definition) is 0. The van der Waals surface area contributed by atoms with Crippen LogP contribution >= 0.6 is 0 Å². The van der Waals surface area contributed by atoms with E-state index in [0.29, 0.717) is 20.5 Å². The molecule has 0 spiro atoms. The van der Waals surface area contributed by atoms with E-state index in [1.165, 1.54) is 28.4 Å². The normalized spacial score (nSPS) is 12.6. The van der Waals surface area contributed by atoms with E-state index in [4.69, 9.17) is 9.73 Å². The van der Waals surface area contributed by atoms with Gasteiger partial charge in [-0.1, -0.05) is 17.7 Å². The van der Waals surface area contributed by atoms with Gasteiger partial charge in [-0.2, -0.15) is 3.71 Å². The van der Waals surface area contributed by atoms with Crippen LogP contribution in [0.3, 0.4) is 0 Å². The molecule has 0 aliphatic heterocycles. The standard InChI is InChI=1S/C24H30N4O6S2/c1-15-11-16(2)23(17(3)12-15)25-22-14-19(26(4)24(29)27(22)5)18-9-10-21(34-6)20(13-18)28(35(7,30)31)36(8,32)33/h9-14H,1-8H3. The largest absolute Gasteiger partial charge is 0.495 e. The number of sulfonamides is 2. The molecule has 12 heteroatoms. The van der Waals surface area contributed by atoms with E-state index in [1.807, 2.05) is 32.9 Å². The van der Waals surface area contributed by atoms with Gasteiger partial charge < -0.3 is 4.74 Å². The molecule has 1 aromatic heterocycles. The Labute approximate surface area is 211 Å². The second-order valence-electron chi connectivity index (χ2n) is 8.76. The molecule has 3 rings (SSSR count). The summed E-state index contributed by atoms with van der Waals surface area (Å²) in [5.41, 5.74) is 4.39. The first kappa shape index (κ1) is 27.2. The average Bonchev–Trinajstić information content (AvgIpc) is 2.74. The molecule has 0 bridgehead atoms. The molecule has 0 saturated carbocycles. The lowest BCUT2D eigenvalue weighted by Gasteiger charge is -2.23. The molecule has 0 saturated heterocycles. The number of aryl methyl sites for hydroxylation is 3. The van der Waals surface area contributed by atoms with Crippen molar-refractivity contribution in [3.63, 3.8) is 0 Å². The summed E-state index contributed by atoms with van der Waals surface area (Å²) in [6.45, 7) is 5.89. The zero-order valence-electron chi connectivity index (χ0n) is 21.5. The number of anilines is 1. The molecule has 0 atom stereocenters. The molecule has 0 radical (unpaired) electrons. The lowest BCUT2D eigenvalue weighted by atomic mass is 10.1. The van der Waals surface area contributed by atoms with E-state index in [1.54, 1.807) is 26.2 Å². The van der Waals surface area contributed by atoms with Crippen LogP contribution in [0.2, 0.25) is 0 Å². The van der Waals surface area contributed by atoms with Crippen molar-refractivity contribution in [1.82, 2.24) is 9.13 Å². The molecule has 3 aromatic rings. The molecule has 0 aliphatic rings. The van der Waals surface area contributed by atoms with Crippen LogP contribution in [0.25, 0.3) is 11.3 Å². The Morgan fingerprint density at radius 1 is 0.861 bits per heavy atom. The number of ether oxygens (including phenoxy) is 1. The minimum Gasteiger partial charge on any atom is -0.495 e. The number of rotatable bonds is 6. The van der Waals surface area contributed by atoms with E-state index in [-0.39, 0.29) is 17.1 Å². The van der Waals surface area contributed by atoms with Gasteiger partial charge >= 0.3 is 5.69 Å². The van der Waals surface area contributed by atoms with Gasteiger partial charge in [-0.25, -0.2) is 26.6 Å². The quantitative estimate of drug-likeness (QED) is 0.479. The molecule has 0 unspecified atom stereocenters. The molecular formula is C24H30N4O6S2. The van der Waals surface area contributed by atoms with Crippen molar-refractivity contribution in [2.75, 3.05) is 23.3 Å². The van der Waals surface area contributed by atoms with Crippen molar-refractivity contribution in [1.29, 1.82) is 0 Å². The van der Waals surface area contributed by atoms with Crippen LogP contribution in [-0.2, 0) is 34.1 Å². The van der Waals surface area contributed by atoms with Crippen molar-refractivity contribution in [3.8, 4) is 17.0 Å². The van der Waals surface area contributed by atoms with Gasteiger partial charge in [-0.3, -0.25) is 9.13 Å². The summed E-state index contributed by atoms with van der Waals surface area (Å²) in [6, 6.07) is 10.1. The van der Waals surface area contributed by atoms with Gasteiger partial charge in [0.2, 0.25) is 20.0 Å². The van der Waals surface area contributed by atoms with Crippen LogP contribution in [0.5, 0.6) is 5.75 Å². The third-order valence-corrected chi connectivity index (χ3v) is 8.90. The SMILES string of the molecule is COc1ccc(-c2cc(=Nc3c(C)cc(C)cc3C)n(C)c(=O)n2C)cc1N(S(C)(=O)=O)S(C)(=O)=O. The van der Waals surface area contributed by atoms with E-state index in [0.717, 1.165) is 34.9 Å². The maximum absolute atomic E-state index is 13.1. The predicted molar refractivity (Wildman–Crippen MR) is 141 cm³/mol. The number of benzene rings is 2. The fourth-order valence-corrected chi connectivity index (χ4v) is 7.15. The fourth-order valence-electron chi connectivity index (χ4n) is 4.18. The first-order chi connectivity index (χ1) is 16.6. The number of hydrogen-bond acceptors (Lipinski definition) is 7. The summed E-state index contributed by atoms with van der Waals surface area (Å²) in [4.78, 5) is 17.9. The molecule has 36 heavy (non-hydrogen) atoms. The molecule has 0 aliphatic carbocycles. The summed E-state index contributed by atoms with van der Waals surface area (Å²) in [5, 5.41) is 0. The van der Waals surface area contributed by atoms with Gasteiger partial charge in [0, 0.05) is 25.7 Å². The maximum Gasteiger partial charge on any atom is 0.329 e. The van der Waals surface area contributed by atoms with Crippen molar-refractivity contribution >= 4 is 31.4 Å². The highest BCUT2D eigenvalue weighted by Crippen LogP contribution is 2.35. The zero-order chi connectivity index (χ0) is 27.2. The van der Waals surface area contributed by atoms with E-state index in [2.05, 4.69) is 0 Å². The van der Waals surface area contributed by atoms with E-state index >= 15 is 0 Å². The topological polar surface area (TPSA) is 120 Å². The Kier molecular flexibility index (Phi) is 7.24. The lowest BCUT2D eigenvalue weighted by molar-refractivity contribution is 0.416. The summed E-state index contributed by atoms with van der Waals surface area (Å²) in [6.07, 6.45) is 1.59. The van der Waals surface area contributed by atoms with Crippen LogP contribution in [-0.4, -0.2) is 45.6 Å². The van der Waals surface area contributed by atoms with Crippen LogP contribution in [0.4, 0.5) is 11.4 Å². The Morgan fingerprint density at radius 3 is 1.92 bits per heavy atom. The first-order valence-corrected chi connectivity index (χ1v) is 14.5. The number of nitrogens with zero attached hydrogens (tertiary/aromatic N) is 4. The third kappa shape index (κ3) is 5.24. The second-order valence-corrected chi connectivity index (χ2v) is 12.7. The number of aromatic nitrogens is 2. The molecule has 194 valence electrons. The van der Waals surface area contributed by atoms with E-state index in [9.17, 15) is 21.6 Å². The molecule has 2 aromatic carbocycles. The van der Waals surface area contributed by atoms with Crippen LogP contribution in [0.1, 0.15) is 16.7 Å². The number of methoxy groups -OCH3 is 1. The Balaban J connectivity index is 2.38. The van der Waals surface area contributed by atoms with Gasteiger partial charge in [-0.05, 0) is 50.1 Å². The smallest absolute Gasteiger partial charge is 0.329 e. The highest BCUT2D eigenvalue weighted by molar-refractivity contribution is 8.09. The monoisotopic (exact) mass is 534 g/mol. The average molecular weight is 535 g/mol. The van der Waals surface area contributed by atoms with Crippen molar-refractivity contribution in [2.24, 2.45) is 19.1 Å². The fraction of sp³-hybridized carbons (Fsp3) is 0.333. The van der Waals surface area contributed by atoms with Gasteiger partial charge in [0.15, 0.2) is 0 Å². The van der Waals surface area contributed by atoms with Crippen LogP contribution in [0, 0.1) is 20.8 Å². The lowest BCUT2D eigenvalue weighted by Crippen LogP contribution is -2.38. The zero-order valence-corrected chi connectivity index (χ0v) is 23.2. The van der Waals surface area contributed by atoms with Gasteiger partial charge in [-0.15, -0.1) is 0 Å². The van der Waals surface area contributed by atoms with Crippen molar-refractivity contribution in [2.45, 2.75) is 20.8 Å². The summed E-state index contributed by atoms with van der Waals surface area (Å²) >= 11 is 0. The summed E-state index contributed by atoms with van der Waals surface area (Å²) in [7, 11) is -3.95. The molecule has 0 N–H and O–H groups in total. The second kappa shape index (κ2) is 9.58. The minimum atomic E-state index is -4.22. The highest BCUT2D eigenvalue weighted by Gasteiger charge is 2.30. The maximum atomic E-state index is 13.1. The predicted octanol–water partition coefficient (Wildman–Crippen LogP) is 2.28. The van der Waals surface area contributed by atoms with Gasteiger partial charge in [0.05, 0.1) is 31.0 Å². The summed E-state index contributed by atoms with van der Waals surface area (Å²) < 4.78 is 58.1. The molecule has 1 heterocycles. The van der Waals surface area contributed by atoms with Crippen LogP contribution in [0.15, 0.2) is 46.2 Å². The Hall–Kier alpha value is -3.38. The first-order valence-electron chi connectivity index (χ1n) is 10.8. The van der Waals surface area contributed by atoms with Crippen molar-refractivity contribution in [3.05, 3.63) is 69.1 Å². The minimum absolute atomic E-state index is 0.0388. The molecule has 0 amide bonds. The molecule has 0 fully saturated rings. The molecule has 10 nitrogen and oxygen atoms in total. The third-order valence-electron chi connectivity index (χ3n) is 5.68. The molecular weight excluding hydrogens is 504 g/mol.